The van der Waals surface area contributed by atoms with Crippen molar-refractivity contribution >= 4 is 44.8 Å². The highest BCUT2D eigenvalue weighted by atomic mass is 79.9. The fraction of sp³-hybridized carbons (Fsp3) is 0.278. The number of nitrogens with zero attached hydrogens (tertiary/aromatic N) is 1. The minimum absolute atomic E-state index is 0.0966. The highest BCUT2D eigenvalue weighted by molar-refractivity contribution is 9.10. The summed E-state index contributed by atoms with van der Waals surface area (Å²) in [5.41, 5.74) is -1.75. The van der Waals surface area contributed by atoms with Crippen LogP contribution in [0.15, 0.2) is 46.9 Å². The van der Waals surface area contributed by atoms with Crippen molar-refractivity contribution in [1.82, 2.24) is 0 Å². The highest BCUT2D eigenvalue weighted by Crippen LogP contribution is 2.30. The van der Waals surface area contributed by atoms with E-state index in [9.17, 15) is 13.6 Å². The summed E-state index contributed by atoms with van der Waals surface area (Å²) in [6.45, 7) is 2.03. The number of benzene rings is 2. The Hall–Kier alpha value is -1.86. The zero-order chi connectivity index (χ0) is 18.7. The van der Waals surface area contributed by atoms with E-state index < -0.39 is 5.57 Å². The number of anilines is 2. The second-order valence-electron chi connectivity index (χ2n) is 5.89. The Morgan fingerprint density at radius 3 is 2.38 bits per heavy atom. The van der Waals surface area contributed by atoms with Crippen LogP contribution < -0.4 is 15.0 Å². The van der Waals surface area contributed by atoms with E-state index >= 15 is 0 Å². The molecule has 26 heavy (non-hydrogen) atoms. The van der Waals surface area contributed by atoms with Gasteiger partial charge < -0.3 is 15.0 Å². The normalized spacial score (nSPS) is 14.4. The fourth-order valence-electron chi connectivity index (χ4n) is 2.81. The van der Waals surface area contributed by atoms with Crippen LogP contribution >= 0.6 is 27.5 Å². The van der Waals surface area contributed by atoms with Gasteiger partial charge in [0.2, 0.25) is 0 Å². The number of nitrogens with one attached hydrogen (secondary N) is 1. The first-order valence-corrected chi connectivity index (χ1v) is 9.20. The topological polar surface area (TPSA) is 41.6 Å². The molecule has 1 fully saturated rings. The van der Waals surface area contributed by atoms with Gasteiger partial charge in [-0.1, -0.05) is 0 Å². The number of alkyl halides is 3. The Kier molecular flexibility index (Phi) is 5.67. The summed E-state index contributed by atoms with van der Waals surface area (Å²) in [5.74, 6) is -0.393. The molecule has 0 aromatic heterocycles. The first kappa shape index (κ1) is 18.9. The third kappa shape index (κ3) is 4.86. The molecule has 4 nitrogen and oxygen atoms in total. The zero-order valence-electron chi connectivity index (χ0n) is 13.6. The fourth-order valence-corrected chi connectivity index (χ4v) is 3.52. The van der Waals surface area contributed by atoms with E-state index in [4.69, 9.17) is 11.6 Å². The number of carbonyl (C=O) groups excluding carboxylic acids is 1. The van der Waals surface area contributed by atoms with Crippen LogP contribution in [0.1, 0.15) is 23.2 Å². The van der Waals surface area contributed by atoms with Crippen LogP contribution in [0, 0.1) is 0 Å². The second-order valence-corrected chi connectivity index (χ2v) is 7.18. The van der Waals surface area contributed by atoms with Gasteiger partial charge >= 0.3 is 5.57 Å². The van der Waals surface area contributed by atoms with Crippen LogP contribution in [0.3, 0.4) is 0 Å². The molecule has 0 spiro atoms. The first-order valence-electron chi connectivity index (χ1n) is 8.03. The van der Waals surface area contributed by atoms with Gasteiger partial charge in [0.1, 0.15) is 5.75 Å². The van der Waals surface area contributed by atoms with E-state index in [-0.39, 0.29) is 11.7 Å². The average molecular weight is 446 g/mol. The molecule has 8 heteroatoms. The summed E-state index contributed by atoms with van der Waals surface area (Å²) < 4.78 is 30.3. The molecule has 0 unspecified atom stereocenters. The summed E-state index contributed by atoms with van der Waals surface area (Å²) in [6.07, 6.45) is 2.34. The lowest BCUT2D eigenvalue weighted by Crippen LogP contribution is -2.19. The maximum absolute atomic E-state index is 12.6. The average Bonchev–Trinajstić information content (AvgIpc) is 3.09. The van der Waals surface area contributed by atoms with E-state index in [0.29, 0.717) is 11.3 Å². The number of hydrogen-bond acceptors (Lipinski definition) is 3. The molecule has 0 bridgehead atoms. The largest absolute Gasteiger partial charge is 0.487 e. The molecule has 138 valence electrons. The van der Waals surface area contributed by atoms with Gasteiger partial charge in [-0.2, -0.15) is 0 Å². The first-order chi connectivity index (χ1) is 12.3. The number of ether oxygens (including phenoxy) is 1. The van der Waals surface area contributed by atoms with Crippen LogP contribution in [0.2, 0.25) is 0 Å². The van der Waals surface area contributed by atoms with Gasteiger partial charge in [-0.3, -0.25) is 4.79 Å². The van der Waals surface area contributed by atoms with Crippen molar-refractivity contribution in [3.63, 3.8) is 0 Å². The Balaban J connectivity index is 1.67. The molecule has 2 aromatic rings. The molecule has 0 saturated carbocycles. The summed E-state index contributed by atoms with van der Waals surface area (Å²) in [4.78, 5) is 14.7. The lowest BCUT2D eigenvalue weighted by molar-refractivity contribution is -0.0964. The number of halogens is 4. The lowest BCUT2D eigenvalue weighted by Gasteiger charge is -2.19. The SMILES string of the molecule is O=C(Nc1ccc(OC(F)(F)Cl)cc1)c1ccc(N2CCCC2)c(Br)c1. The highest BCUT2D eigenvalue weighted by Gasteiger charge is 2.27. The van der Waals surface area contributed by atoms with E-state index in [2.05, 4.69) is 30.9 Å². The number of amides is 1. The van der Waals surface area contributed by atoms with E-state index in [1.807, 2.05) is 6.07 Å². The molecule has 0 aliphatic carbocycles. The maximum Gasteiger partial charge on any atom is 0.487 e. The summed E-state index contributed by atoms with van der Waals surface area (Å²) in [5, 5.41) is 2.72. The molecule has 1 aliphatic heterocycles. The minimum Gasteiger partial charge on any atom is -0.420 e. The molecular formula is C18H16BrClF2N2O2. The quantitative estimate of drug-likeness (QED) is 0.621. The van der Waals surface area contributed by atoms with E-state index in [1.54, 1.807) is 12.1 Å². The van der Waals surface area contributed by atoms with Gasteiger partial charge in [0, 0.05) is 40.4 Å². The Bertz CT molecular complexity index is 791. The molecule has 1 amide bonds. The predicted molar refractivity (Wildman–Crippen MR) is 101 cm³/mol. The summed E-state index contributed by atoms with van der Waals surface area (Å²) in [6, 6.07) is 11.0. The monoisotopic (exact) mass is 444 g/mol. The second kappa shape index (κ2) is 7.80. The molecule has 1 N–H and O–H groups in total. The lowest BCUT2D eigenvalue weighted by atomic mass is 10.1. The van der Waals surface area contributed by atoms with Crippen molar-refractivity contribution < 1.29 is 18.3 Å². The van der Waals surface area contributed by atoms with Crippen molar-refractivity contribution in [1.29, 1.82) is 0 Å². The molecule has 1 saturated heterocycles. The van der Waals surface area contributed by atoms with Gasteiger partial charge in [0.25, 0.3) is 5.91 Å². The smallest absolute Gasteiger partial charge is 0.420 e. The Labute approximate surface area is 163 Å². The molecular weight excluding hydrogens is 430 g/mol. The molecule has 1 heterocycles. The summed E-state index contributed by atoms with van der Waals surface area (Å²) >= 11 is 8.24. The van der Waals surface area contributed by atoms with Crippen molar-refractivity contribution in [2.45, 2.75) is 18.4 Å². The van der Waals surface area contributed by atoms with Crippen molar-refractivity contribution in [3.8, 4) is 5.75 Å². The zero-order valence-corrected chi connectivity index (χ0v) is 16.0. The van der Waals surface area contributed by atoms with Crippen molar-refractivity contribution in [2.75, 3.05) is 23.3 Å². The predicted octanol–water partition coefficient (Wildman–Crippen LogP) is 5.47. The molecule has 0 radical (unpaired) electrons. The maximum atomic E-state index is 12.6. The number of carbonyl (C=O) groups is 1. The number of hydrogen-bond donors (Lipinski definition) is 1. The molecule has 2 aromatic carbocycles. The van der Waals surface area contributed by atoms with Gasteiger partial charge in [0.05, 0.1) is 5.69 Å². The van der Waals surface area contributed by atoms with Gasteiger partial charge in [-0.05, 0) is 71.2 Å². The van der Waals surface area contributed by atoms with Crippen LogP contribution in [0.25, 0.3) is 0 Å². The van der Waals surface area contributed by atoms with Crippen molar-refractivity contribution in [3.05, 3.63) is 52.5 Å². The van der Waals surface area contributed by atoms with Gasteiger partial charge in [-0.15, -0.1) is 8.78 Å². The van der Waals surface area contributed by atoms with Gasteiger partial charge in [0.15, 0.2) is 0 Å². The van der Waals surface area contributed by atoms with Crippen LogP contribution in [0.4, 0.5) is 20.2 Å². The standard InChI is InChI=1S/C18H16BrClF2N2O2/c19-15-11-12(3-8-16(15)24-9-1-2-10-24)17(25)23-13-4-6-14(7-5-13)26-18(20,21)22/h3-8,11H,1-2,9-10H2,(H,23,25). The third-order valence-electron chi connectivity index (χ3n) is 4.00. The molecule has 0 atom stereocenters. The third-order valence-corrected chi connectivity index (χ3v) is 4.71. The van der Waals surface area contributed by atoms with E-state index in [1.165, 1.54) is 37.1 Å². The Morgan fingerprint density at radius 1 is 1.15 bits per heavy atom. The Morgan fingerprint density at radius 2 is 1.81 bits per heavy atom. The van der Waals surface area contributed by atoms with Crippen LogP contribution in [-0.2, 0) is 0 Å². The van der Waals surface area contributed by atoms with E-state index in [0.717, 1.165) is 23.2 Å². The molecule has 3 rings (SSSR count). The minimum atomic E-state index is -3.77. The van der Waals surface area contributed by atoms with Crippen molar-refractivity contribution in [2.24, 2.45) is 0 Å². The number of rotatable bonds is 5. The summed E-state index contributed by atoms with van der Waals surface area (Å²) in [7, 11) is 0. The van der Waals surface area contributed by atoms with Gasteiger partial charge in [-0.25, -0.2) is 0 Å². The van der Waals surface area contributed by atoms with Crippen LogP contribution in [-0.4, -0.2) is 24.6 Å². The molecule has 1 aliphatic rings. The van der Waals surface area contributed by atoms with Crippen LogP contribution in [0.5, 0.6) is 5.75 Å².